The van der Waals surface area contributed by atoms with Crippen LogP contribution in [-0.2, 0) is 0 Å². The number of rotatable bonds is 3. The molecule has 19 heavy (non-hydrogen) atoms. The summed E-state index contributed by atoms with van der Waals surface area (Å²) in [7, 11) is 0. The number of carbonyl (C=O) groups excluding carboxylic acids is 1. The predicted octanol–water partition coefficient (Wildman–Crippen LogP) is 3.24. The zero-order valence-corrected chi connectivity index (χ0v) is 10.9. The quantitative estimate of drug-likeness (QED) is 0.934. The number of nitrogens with zero attached hydrogens (tertiary/aromatic N) is 1. The standard InChI is InChI=1S/C14H11ClN2O2/c1-9-6-7-13(19-9)12(8-16)17-14(18)10-4-2-3-5-11(10)15/h2-7,12H,1H3,(H,17,18). The molecule has 0 aliphatic rings. The summed E-state index contributed by atoms with van der Waals surface area (Å²) in [6, 6.07) is 11.2. The molecule has 0 saturated heterocycles. The first kappa shape index (κ1) is 13.2. The predicted molar refractivity (Wildman–Crippen MR) is 70.7 cm³/mol. The number of benzene rings is 1. The summed E-state index contributed by atoms with van der Waals surface area (Å²) >= 11 is 5.93. The van der Waals surface area contributed by atoms with Crippen molar-refractivity contribution in [3.05, 3.63) is 58.5 Å². The van der Waals surface area contributed by atoms with Gasteiger partial charge in [-0.2, -0.15) is 5.26 Å². The first-order valence-corrected chi connectivity index (χ1v) is 6.01. The largest absolute Gasteiger partial charge is 0.463 e. The number of hydrogen-bond acceptors (Lipinski definition) is 3. The molecule has 0 fully saturated rings. The van der Waals surface area contributed by atoms with Gasteiger partial charge in [-0.15, -0.1) is 0 Å². The van der Waals surface area contributed by atoms with Crippen molar-refractivity contribution in [3.63, 3.8) is 0 Å². The maximum atomic E-state index is 12.0. The second-order valence-electron chi connectivity index (χ2n) is 3.96. The van der Waals surface area contributed by atoms with Crippen molar-refractivity contribution in [2.45, 2.75) is 13.0 Å². The number of nitriles is 1. The van der Waals surface area contributed by atoms with Gasteiger partial charge in [0, 0.05) is 0 Å². The molecule has 0 spiro atoms. The Morgan fingerprint density at radius 2 is 2.11 bits per heavy atom. The normalized spacial score (nSPS) is 11.6. The SMILES string of the molecule is Cc1ccc(C(C#N)NC(=O)c2ccccc2Cl)o1. The van der Waals surface area contributed by atoms with E-state index >= 15 is 0 Å². The molecule has 1 amide bonds. The highest BCUT2D eigenvalue weighted by Crippen LogP contribution is 2.19. The van der Waals surface area contributed by atoms with E-state index in [2.05, 4.69) is 5.32 Å². The Morgan fingerprint density at radius 3 is 2.68 bits per heavy atom. The number of nitrogens with one attached hydrogen (secondary N) is 1. The Balaban J connectivity index is 2.18. The van der Waals surface area contributed by atoms with Crippen LogP contribution >= 0.6 is 11.6 Å². The molecule has 1 aromatic carbocycles. The molecule has 0 bridgehead atoms. The average molecular weight is 275 g/mol. The van der Waals surface area contributed by atoms with Crippen LogP contribution in [0.1, 0.15) is 27.9 Å². The van der Waals surface area contributed by atoms with E-state index in [1.54, 1.807) is 43.3 Å². The van der Waals surface area contributed by atoms with Crippen LogP contribution in [0.25, 0.3) is 0 Å². The number of furan rings is 1. The van der Waals surface area contributed by atoms with Gasteiger partial charge in [0.25, 0.3) is 5.91 Å². The molecule has 1 unspecified atom stereocenters. The smallest absolute Gasteiger partial charge is 0.254 e. The Bertz CT molecular complexity index is 643. The Kier molecular flexibility index (Phi) is 3.88. The summed E-state index contributed by atoms with van der Waals surface area (Å²) in [6.45, 7) is 1.77. The lowest BCUT2D eigenvalue weighted by Crippen LogP contribution is -2.27. The van der Waals surface area contributed by atoms with Crippen LogP contribution in [0, 0.1) is 18.3 Å². The highest BCUT2D eigenvalue weighted by atomic mass is 35.5. The van der Waals surface area contributed by atoms with Crippen LogP contribution in [0.5, 0.6) is 0 Å². The molecule has 2 aromatic rings. The second-order valence-corrected chi connectivity index (χ2v) is 4.37. The Labute approximate surface area is 115 Å². The second kappa shape index (κ2) is 5.59. The third kappa shape index (κ3) is 2.95. The summed E-state index contributed by atoms with van der Waals surface area (Å²) in [4.78, 5) is 12.0. The van der Waals surface area contributed by atoms with Crippen molar-refractivity contribution >= 4 is 17.5 Å². The van der Waals surface area contributed by atoms with Crippen molar-refractivity contribution in [1.29, 1.82) is 5.26 Å². The van der Waals surface area contributed by atoms with Crippen LogP contribution in [-0.4, -0.2) is 5.91 Å². The lowest BCUT2D eigenvalue weighted by Gasteiger charge is -2.10. The van der Waals surface area contributed by atoms with Gasteiger partial charge >= 0.3 is 0 Å². The third-order valence-corrected chi connectivity index (χ3v) is 2.90. The van der Waals surface area contributed by atoms with E-state index in [9.17, 15) is 4.79 Å². The summed E-state index contributed by atoms with van der Waals surface area (Å²) in [6.07, 6.45) is 0. The molecule has 0 saturated carbocycles. The highest BCUT2D eigenvalue weighted by Gasteiger charge is 2.19. The lowest BCUT2D eigenvalue weighted by atomic mass is 10.2. The molecular formula is C14H11ClN2O2. The number of hydrogen-bond donors (Lipinski definition) is 1. The monoisotopic (exact) mass is 274 g/mol. The molecule has 1 atom stereocenters. The highest BCUT2D eigenvalue weighted by molar-refractivity contribution is 6.33. The van der Waals surface area contributed by atoms with Gasteiger partial charge in [-0.1, -0.05) is 23.7 Å². The van der Waals surface area contributed by atoms with Crippen LogP contribution in [0.2, 0.25) is 5.02 Å². The van der Waals surface area contributed by atoms with Crippen molar-refractivity contribution in [2.24, 2.45) is 0 Å². The molecule has 1 N–H and O–H groups in total. The maximum Gasteiger partial charge on any atom is 0.254 e. The van der Waals surface area contributed by atoms with Crippen molar-refractivity contribution in [3.8, 4) is 6.07 Å². The van der Waals surface area contributed by atoms with Crippen molar-refractivity contribution in [2.75, 3.05) is 0 Å². The van der Waals surface area contributed by atoms with E-state index in [0.29, 0.717) is 22.1 Å². The van der Waals surface area contributed by atoms with Gasteiger partial charge in [-0.3, -0.25) is 4.79 Å². The first-order valence-electron chi connectivity index (χ1n) is 5.63. The van der Waals surface area contributed by atoms with Gasteiger partial charge < -0.3 is 9.73 Å². The van der Waals surface area contributed by atoms with Gasteiger partial charge in [-0.25, -0.2) is 0 Å². The molecular weight excluding hydrogens is 264 g/mol. The molecule has 2 rings (SSSR count). The lowest BCUT2D eigenvalue weighted by molar-refractivity contribution is 0.0941. The Hall–Kier alpha value is -2.25. The van der Waals surface area contributed by atoms with Crippen LogP contribution < -0.4 is 5.32 Å². The molecule has 0 aliphatic carbocycles. The summed E-state index contributed by atoms with van der Waals surface area (Å²) < 4.78 is 5.33. The van der Waals surface area contributed by atoms with Gasteiger partial charge in [0.1, 0.15) is 11.5 Å². The molecule has 1 heterocycles. The van der Waals surface area contributed by atoms with Crippen LogP contribution in [0.3, 0.4) is 0 Å². The number of halogens is 1. The average Bonchev–Trinajstić information content (AvgIpc) is 2.82. The van der Waals surface area contributed by atoms with E-state index in [4.69, 9.17) is 21.3 Å². The van der Waals surface area contributed by atoms with Crippen LogP contribution in [0.4, 0.5) is 0 Å². The van der Waals surface area contributed by atoms with E-state index in [1.807, 2.05) is 6.07 Å². The summed E-state index contributed by atoms with van der Waals surface area (Å²) in [5.41, 5.74) is 0.327. The van der Waals surface area contributed by atoms with Gasteiger partial charge in [0.2, 0.25) is 0 Å². The number of amides is 1. The molecule has 0 radical (unpaired) electrons. The zero-order chi connectivity index (χ0) is 13.8. The molecule has 96 valence electrons. The van der Waals surface area contributed by atoms with Crippen LogP contribution in [0.15, 0.2) is 40.8 Å². The molecule has 1 aromatic heterocycles. The molecule has 0 aliphatic heterocycles. The fraction of sp³-hybridized carbons (Fsp3) is 0.143. The Morgan fingerprint density at radius 1 is 1.37 bits per heavy atom. The van der Waals surface area contributed by atoms with E-state index in [0.717, 1.165) is 0 Å². The minimum Gasteiger partial charge on any atom is -0.463 e. The van der Waals surface area contributed by atoms with E-state index in [1.165, 1.54) is 0 Å². The van der Waals surface area contributed by atoms with E-state index in [-0.39, 0.29) is 0 Å². The fourth-order valence-corrected chi connectivity index (χ4v) is 1.85. The van der Waals surface area contributed by atoms with Gasteiger partial charge in [0.05, 0.1) is 16.7 Å². The van der Waals surface area contributed by atoms with Crippen molar-refractivity contribution in [1.82, 2.24) is 5.32 Å². The first-order chi connectivity index (χ1) is 9.11. The van der Waals surface area contributed by atoms with E-state index < -0.39 is 11.9 Å². The van der Waals surface area contributed by atoms with Gasteiger partial charge in [-0.05, 0) is 31.2 Å². The fourth-order valence-electron chi connectivity index (χ4n) is 1.63. The van der Waals surface area contributed by atoms with Crippen molar-refractivity contribution < 1.29 is 9.21 Å². The summed E-state index contributed by atoms with van der Waals surface area (Å²) in [5.74, 6) is 0.675. The molecule has 5 heteroatoms. The number of aryl methyl sites for hydroxylation is 1. The summed E-state index contributed by atoms with van der Waals surface area (Å²) in [5, 5.41) is 12.0. The minimum atomic E-state index is -0.836. The third-order valence-electron chi connectivity index (χ3n) is 2.57. The number of carbonyl (C=O) groups is 1. The molecule has 4 nitrogen and oxygen atoms in total. The topological polar surface area (TPSA) is 66.0 Å². The maximum absolute atomic E-state index is 12.0. The zero-order valence-electron chi connectivity index (χ0n) is 10.2. The minimum absolute atomic E-state index is 0.327. The van der Waals surface area contributed by atoms with Gasteiger partial charge in [0.15, 0.2) is 6.04 Å².